The second-order valence-electron chi connectivity index (χ2n) is 4.95. The van der Waals surface area contributed by atoms with Crippen molar-refractivity contribution < 1.29 is 4.79 Å². The minimum absolute atomic E-state index is 0.198. The second kappa shape index (κ2) is 6.89. The lowest BCUT2D eigenvalue weighted by Gasteiger charge is -2.27. The van der Waals surface area contributed by atoms with Crippen molar-refractivity contribution in [3.05, 3.63) is 0 Å². The summed E-state index contributed by atoms with van der Waals surface area (Å²) in [5.41, 5.74) is 5.53. The van der Waals surface area contributed by atoms with Crippen LogP contribution in [0.3, 0.4) is 0 Å². The van der Waals surface area contributed by atoms with Crippen LogP contribution in [0.25, 0.3) is 0 Å². The molecule has 94 valence electrons. The van der Waals surface area contributed by atoms with Gasteiger partial charge in [0.1, 0.15) is 0 Å². The van der Waals surface area contributed by atoms with Crippen molar-refractivity contribution in [1.29, 1.82) is 0 Å². The van der Waals surface area contributed by atoms with E-state index in [9.17, 15) is 4.79 Å². The van der Waals surface area contributed by atoms with Gasteiger partial charge in [-0.25, -0.2) is 0 Å². The van der Waals surface area contributed by atoms with Crippen molar-refractivity contribution in [1.82, 2.24) is 4.90 Å². The first-order chi connectivity index (χ1) is 7.70. The first-order valence-electron chi connectivity index (χ1n) is 6.71. The van der Waals surface area contributed by atoms with Gasteiger partial charge in [-0.1, -0.05) is 20.3 Å². The van der Waals surface area contributed by atoms with Crippen LogP contribution < -0.4 is 5.73 Å². The Morgan fingerprint density at radius 2 is 2.31 bits per heavy atom. The number of nitrogens with two attached hydrogens (primary N) is 1. The van der Waals surface area contributed by atoms with Gasteiger partial charge in [-0.3, -0.25) is 4.79 Å². The lowest BCUT2D eigenvalue weighted by atomic mass is 10.0. The molecule has 0 radical (unpaired) electrons. The molecule has 3 heteroatoms. The highest BCUT2D eigenvalue weighted by molar-refractivity contribution is 5.79. The fourth-order valence-corrected chi connectivity index (χ4v) is 2.62. The lowest BCUT2D eigenvalue weighted by molar-refractivity contribution is -0.136. The average molecular weight is 226 g/mol. The zero-order chi connectivity index (χ0) is 12.0. The normalized spacial score (nSPS) is 22.4. The van der Waals surface area contributed by atoms with Crippen LogP contribution in [0.15, 0.2) is 0 Å². The van der Waals surface area contributed by atoms with Crippen molar-refractivity contribution in [2.24, 2.45) is 11.7 Å². The Morgan fingerprint density at radius 1 is 1.56 bits per heavy atom. The zero-order valence-electron chi connectivity index (χ0n) is 10.7. The first-order valence-corrected chi connectivity index (χ1v) is 6.71. The Kier molecular flexibility index (Phi) is 5.81. The van der Waals surface area contributed by atoms with E-state index in [0.717, 1.165) is 38.8 Å². The SMILES string of the molecule is CCCC(C)C(=O)N1CCCC1CCCN. The van der Waals surface area contributed by atoms with E-state index < -0.39 is 0 Å². The van der Waals surface area contributed by atoms with Crippen LogP contribution in [0, 0.1) is 5.92 Å². The maximum atomic E-state index is 12.2. The molecule has 1 saturated heterocycles. The molecule has 1 aliphatic rings. The van der Waals surface area contributed by atoms with Gasteiger partial charge in [-0.15, -0.1) is 0 Å². The summed E-state index contributed by atoms with van der Waals surface area (Å²) >= 11 is 0. The third-order valence-electron chi connectivity index (χ3n) is 3.54. The Bertz CT molecular complexity index is 218. The summed E-state index contributed by atoms with van der Waals surface area (Å²) in [6.07, 6.45) is 6.56. The quantitative estimate of drug-likeness (QED) is 0.754. The third kappa shape index (κ3) is 3.48. The number of nitrogens with zero attached hydrogens (tertiary/aromatic N) is 1. The molecular weight excluding hydrogens is 200 g/mol. The summed E-state index contributed by atoms with van der Waals surface area (Å²) in [4.78, 5) is 14.3. The van der Waals surface area contributed by atoms with Gasteiger partial charge in [0.25, 0.3) is 0 Å². The molecule has 1 fully saturated rings. The number of rotatable bonds is 6. The van der Waals surface area contributed by atoms with Crippen LogP contribution in [0.1, 0.15) is 52.4 Å². The van der Waals surface area contributed by atoms with E-state index in [1.165, 1.54) is 12.8 Å². The molecule has 1 aliphatic heterocycles. The topological polar surface area (TPSA) is 46.3 Å². The molecule has 0 aromatic rings. The molecule has 0 aromatic heterocycles. The molecule has 0 spiro atoms. The summed E-state index contributed by atoms with van der Waals surface area (Å²) < 4.78 is 0. The van der Waals surface area contributed by atoms with Gasteiger partial charge in [0, 0.05) is 18.5 Å². The fraction of sp³-hybridized carbons (Fsp3) is 0.923. The Labute approximate surface area is 99.4 Å². The summed E-state index contributed by atoms with van der Waals surface area (Å²) in [5.74, 6) is 0.560. The molecule has 0 saturated carbocycles. The molecule has 0 aliphatic carbocycles. The van der Waals surface area contributed by atoms with Crippen molar-refractivity contribution >= 4 is 5.91 Å². The Balaban J connectivity index is 2.46. The molecule has 3 nitrogen and oxygen atoms in total. The lowest BCUT2D eigenvalue weighted by Crippen LogP contribution is -2.39. The number of hydrogen-bond donors (Lipinski definition) is 1. The molecule has 1 amide bonds. The summed E-state index contributed by atoms with van der Waals surface area (Å²) in [6.45, 7) is 5.90. The van der Waals surface area contributed by atoms with Crippen LogP contribution >= 0.6 is 0 Å². The van der Waals surface area contributed by atoms with Gasteiger partial charge in [0.05, 0.1) is 0 Å². The van der Waals surface area contributed by atoms with Gasteiger partial charge in [-0.2, -0.15) is 0 Å². The maximum Gasteiger partial charge on any atom is 0.225 e. The zero-order valence-corrected chi connectivity index (χ0v) is 10.7. The number of carbonyl (C=O) groups is 1. The highest BCUT2D eigenvalue weighted by Crippen LogP contribution is 2.24. The molecule has 1 rings (SSSR count). The number of hydrogen-bond acceptors (Lipinski definition) is 2. The van der Waals surface area contributed by atoms with Gasteiger partial charge >= 0.3 is 0 Å². The van der Waals surface area contributed by atoms with E-state index in [4.69, 9.17) is 5.73 Å². The van der Waals surface area contributed by atoms with E-state index in [2.05, 4.69) is 18.7 Å². The number of amides is 1. The van der Waals surface area contributed by atoms with Crippen molar-refractivity contribution in [2.75, 3.05) is 13.1 Å². The molecule has 0 aromatic carbocycles. The average Bonchev–Trinajstić information content (AvgIpc) is 2.73. The molecule has 2 atom stereocenters. The van der Waals surface area contributed by atoms with E-state index >= 15 is 0 Å². The van der Waals surface area contributed by atoms with Gasteiger partial charge in [0.2, 0.25) is 5.91 Å². The second-order valence-corrected chi connectivity index (χ2v) is 4.95. The van der Waals surface area contributed by atoms with Crippen molar-refractivity contribution in [3.8, 4) is 0 Å². The minimum Gasteiger partial charge on any atom is -0.339 e. The summed E-state index contributed by atoms with van der Waals surface area (Å²) in [7, 11) is 0. The van der Waals surface area contributed by atoms with Crippen molar-refractivity contribution in [3.63, 3.8) is 0 Å². The highest BCUT2D eigenvalue weighted by atomic mass is 16.2. The predicted molar refractivity (Wildman–Crippen MR) is 67.1 cm³/mol. The molecule has 2 N–H and O–H groups in total. The van der Waals surface area contributed by atoms with Gasteiger partial charge in [-0.05, 0) is 38.6 Å². The van der Waals surface area contributed by atoms with Gasteiger partial charge in [0.15, 0.2) is 0 Å². The van der Waals surface area contributed by atoms with Crippen LogP contribution in [0.5, 0.6) is 0 Å². The molecule has 0 bridgehead atoms. The molecule has 2 unspecified atom stereocenters. The van der Waals surface area contributed by atoms with E-state index in [1.807, 2.05) is 0 Å². The Morgan fingerprint density at radius 3 is 2.94 bits per heavy atom. The monoisotopic (exact) mass is 226 g/mol. The van der Waals surface area contributed by atoms with E-state index in [-0.39, 0.29) is 5.92 Å². The largest absolute Gasteiger partial charge is 0.339 e. The maximum absolute atomic E-state index is 12.2. The Hall–Kier alpha value is -0.570. The van der Waals surface area contributed by atoms with Crippen molar-refractivity contribution in [2.45, 2.75) is 58.4 Å². The first kappa shape index (κ1) is 13.5. The van der Waals surface area contributed by atoms with Gasteiger partial charge < -0.3 is 10.6 Å². The van der Waals surface area contributed by atoms with Crippen LogP contribution in [0.2, 0.25) is 0 Å². The summed E-state index contributed by atoms with van der Waals surface area (Å²) in [6, 6.07) is 0.468. The summed E-state index contributed by atoms with van der Waals surface area (Å²) in [5, 5.41) is 0. The fourth-order valence-electron chi connectivity index (χ4n) is 2.62. The molecular formula is C13H26N2O. The van der Waals surface area contributed by atoms with Crippen LogP contribution in [-0.4, -0.2) is 29.9 Å². The molecule has 1 heterocycles. The number of carbonyl (C=O) groups excluding carboxylic acids is 1. The molecule has 16 heavy (non-hydrogen) atoms. The number of likely N-dealkylation sites (tertiary alicyclic amines) is 1. The smallest absolute Gasteiger partial charge is 0.225 e. The highest BCUT2D eigenvalue weighted by Gasteiger charge is 2.30. The van der Waals surface area contributed by atoms with E-state index in [1.54, 1.807) is 0 Å². The van der Waals surface area contributed by atoms with Crippen LogP contribution in [-0.2, 0) is 4.79 Å². The minimum atomic E-state index is 0.198. The van der Waals surface area contributed by atoms with Crippen LogP contribution in [0.4, 0.5) is 0 Å². The predicted octanol–water partition coefficient (Wildman–Crippen LogP) is 2.15. The third-order valence-corrected chi connectivity index (χ3v) is 3.54. The van der Waals surface area contributed by atoms with E-state index in [0.29, 0.717) is 11.9 Å². The standard InChI is InChI=1S/C13H26N2O/c1-3-6-11(2)13(16)15-10-5-8-12(15)7-4-9-14/h11-12H,3-10,14H2,1-2H3.